The fraction of sp³-hybridized carbons (Fsp3) is 0.750. The van der Waals surface area contributed by atoms with Crippen LogP contribution in [0.25, 0.3) is 0 Å². The van der Waals surface area contributed by atoms with Crippen molar-refractivity contribution in [3.05, 3.63) is 16.1 Å². The van der Waals surface area contributed by atoms with Crippen LogP contribution in [0.4, 0.5) is 0 Å². The van der Waals surface area contributed by atoms with Crippen molar-refractivity contribution in [1.29, 1.82) is 0 Å². The van der Waals surface area contributed by atoms with E-state index in [1.807, 2.05) is 0 Å². The summed E-state index contributed by atoms with van der Waals surface area (Å²) in [6.07, 6.45) is 5.62. The Balaban J connectivity index is 1.75. The highest BCUT2D eigenvalue weighted by Gasteiger charge is 2.36. The molecule has 2 aliphatic rings. The zero-order valence-corrected chi connectivity index (χ0v) is 9.93. The van der Waals surface area contributed by atoms with E-state index in [1.54, 1.807) is 11.3 Å². The van der Waals surface area contributed by atoms with Crippen molar-refractivity contribution in [3.8, 4) is 0 Å². The minimum atomic E-state index is 0.299. The molecule has 0 amide bonds. The summed E-state index contributed by atoms with van der Waals surface area (Å²) in [5.74, 6) is 1.53. The Morgan fingerprint density at radius 3 is 2.87 bits per heavy atom. The van der Waals surface area contributed by atoms with Crippen LogP contribution >= 0.6 is 11.3 Å². The van der Waals surface area contributed by atoms with Crippen molar-refractivity contribution in [3.63, 3.8) is 0 Å². The van der Waals surface area contributed by atoms with Gasteiger partial charge in [0.25, 0.3) is 0 Å². The third kappa shape index (κ3) is 2.08. The summed E-state index contributed by atoms with van der Waals surface area (Å²) < 4.78 is 5.81. The van der Waals surface area contributed by atoms with Crippen LogP contribution in [-0.4, -0.2) is 11.6 Å². The molecule has 0 radical (unpaired) electrons. The molecule has 1 aromatic rings. The molecule has 0 aliphatic heterocycles. The molecule has 0 spiro atoms. The van der Waals surface area contributed by atoms with Crippen LogP contribution in [0.5, 0.6) is 0 Å². The van der Waals surface area contributed by atoms with Crippen LogP contribution in [0.1, 0.15) is 55.3 Å². The van der Waals surface area contributed by atoms with E-state index < -0.39 is 0 Å². The van der Waals surface area contributed by atoms with Crippen molar-refractivity contribution in [2.75, 3.05) is 6.61 Å². The van der Waals surface area contributed by atoms with E-state index in [-0.39, 0.29) is 0 Å². The molecule has 1 unspecified atom stereocenters. The van der Waals surface area contributed by atoms with Crippen LogP contribution in [0.2, 0.25) is 0 Å². The maximum absolute atomic E-state index is 5.81. The molecule has 2 aliphatic carbocycles. The molecular weight excluding hydrogens is 206 g/mol. The number of aromatic nitrogens is 1. The number of ether oxygens (including phenoxy) is 1. The number of hydrogen-bond donors (Lipinski definition) is 0. The first-order valence-electron chi connectivity index (χ1n) is 5.95. The molecule has 15 heavy (non-hydrogen) atoms. The first-order valence-corrected chi connectivity index (χ1v) is 6.83. The van der Waals surface area contributed by atoms with Gasteiger partial charge >= 0.3 is 0 Å². The van der Waals surface area contributed by atoms with Gasteiger partial charge in [-0.15, -0.1) is 11.3 Å². The van der Waals surface area contributed by atoms with Gasteiger partial charge in [0.05, 0.1) is 5.69 Å². The maximum atomic E-state index is 5.81. The lowest BCUT2D eigenvalue weighted by atomic mass is 10.2. The van der Waals surface area contributed by atoms with Crippen molar-refractivity contribution in [2.24, 2.45) is 5.92 Å². The average molecular weight is 223 g/mol. The third-order valence-electron chi connectivity index (χ3n) is 3.18. The van der Waals surface area contributed by atoms with Crippen molar-refractivity contribution in [1.82, 2.24) is 4.98 Å². The summed E-state index contributed by atoms with van der Waals surface area (Å²) >= 11 is 1.80. The minimum absolute atomic E-state index is 0.299. The molecule has 1 heterocycles. The van der Waals surface area contributed by atoms with Gasteiger partial charge in [0, 0.05) is 17.9 Å². The number of nitrogens with zero attached hydrogens (tertiary/aromatic N) is 1. The second-order valence-corrected chi connectivity index (χ2v) is 5.49. The fourth-order valence-corrected chi connectivity index (χ4v) is 3.02. The average Bonchev–Trinajstić information content (AvgIpc) is 3.13. The Bertz CT molecular complexity index is 341. The molecule has 0 N–H and O–H groups in total. The van der Waals surface area contributed by atoms with E-state index in [9.17, 15) is 0 Å². The van der Waals surface area contributed by atoms with Gasteiger partial charge in [0.15, 0.2) is 0 Å². The van der Waals surface area contributed by atoms with E-state index in [0.717, 1.165) is 18.4 Å². The third-order valence-corrected chi connectivity index (χ3v) is 4.10. The van der Waals surface area contributed by atoms with Crippen LogP contribution in [0.3, 0.4) is 0 Å². The molecule has 0 bridgehead atoms. The fourth-order valence-electron chi connectivity index (χ4n) is 1.99. The van der Waals surface area contributed by atoms with Gasteiger partial charge in [0.2, 0.25) is 0 Å². The van der Waals surface area contributed by atoms with Gasteiger partial charge in [-0.3, -0.25) is 0 Å². The molecule has 82 valence electrons. The SMILES string of the molecule is CCOC(c1nc(C2CC2)cs1)C1CC1. The molecule has 3 rings (SSSR count). The van der Waals surface area contributed by atoms with E-state index in [2.05, 4.69) is 12.3 Å². The Morgan fingerprint density at radius 2 is 2.27 bits per heavy atom. The van der Waals surface area contributed by atoms with Crippen molar-refractivity contribution >= 4 is 11.3 Å². The smallest absolute Gasteiger partial charge is 0.122 e. The lowest BCUT2D eigenvalue weighted by Crippen LogP contribution is -2.06. The second kappa shape index (κ2) is 3.87. The lowest BCUT2D eigenvalue weighted by molar-refractivity contribution is 0.0461. The van der Waals surface area contributed by atoms with Crippen molar-refractivity contribution < 1.29 is 4.74 Å². The predicted octanol–water partition coefficient (Wildman–Crippen LogP) is 3.51. The molecule has 2 saturated carbocycles. The van der Waals surface area contributed by atoms with E-state index in [1.165, 1.54) is 36.4 Å². The minimum Gasteiger partial charge on any atom is -0.371 e. The Hall–Kier alpha value is -0.410. The summed E-state index contributed by atoms with van der Waals surface area (Å²) in [6, 6.07) is 0. The molecule has 1 atom stereocenters. The highest BCUT2D eigenvalue weighted by atomic mass is 32.1. The van der Waals surface area contributed by atoms with Gasteiger partial charge in [-0.05, 0) is 38.5 Å². The number of rotatable bonds is 5. The molecule has 2 nitrogen and oxygen atoms in total. The topological polar surface area (TPSA) is 22.1 Å². The van der Waals surface area contributed by atoms with E-state index in [4.69, 9.17) is 9.72 Å². The second-order valence-electron chi connectivity index (χ2n) is 4.60. The maximum Gasteiger partial charge on any atom is 0.122 e. The number of hydrogen-bond acceptors (Lipinski definition) is 3. The van der Waals surface area contributed by atoms with Crippen LogP contribution in [-0.2, 0) is 4.74 Å². The molecule has 0 saturated heterocycles. The van der Waals surface area contributed by atoms with Gasteiger partial charge < -0.3 is 4.74 Å². The summed E-state index contributed by atoms with van der Waals surface area (Å²) in [4.78, 5) is 4.75. The summed E-state index contributed by atoms with van der Waals surface area (Å²) in [5.41, 5.74) is 1.32. The zero-order valence-electron chi connectivity index (χ0n) is 9.11. The normalized spacial score (nSPS) is 23.0. The molecule has 1 aromatic heterocycles. The van der Waals surface area contributed by atoms with Crippen LogP contribution in [0, 0.1) is 5.92 Å². The number of thiazole rings is 1. The van der Waals surface area contributed by atoms with Crippen LogP contribution < -0.4 is 0 Å². The van der Waals surface area contributed by atoms with E-state index in [0.29, 0.717) is 6.10 Å². The van der Waals surface area contributed by atoms with Crippen LogP contribution in [0.15, 0.2) is 5.38 Å². The first-order chi connectivity index (χ1) is 7.38. The molecular formula is C12H17NOS. The molecule has 3 heteroatoms. The predicted molar refractivity (Wildman–Crippen MR) is 61.2 cm³/mol. The monoisotopic (exact) mass is 223 g/mol. The summed E-state index contributed by atoms with van der Waals surface area (Å²) in [6.45, 7) is 2.88. The van der Waals surface area contributed by atoms with Gasteiger partial charge in [-0.2, -0.15) is 0 Å². The van der Waals surface area contributed by atoms with Crippen molar-refractivity contribution in [2.45, 2.75) is 44.6 Å². The lowest BCUT2D eigenvalue weighted by Gasteiger charge is -2.12. The quantitative estimate of drug-likeness (QED) is 0.762. The summed E-state index contributed by atoms with van der Waals surface area (Å²) in [7, 11) is 0. The van der Waals surface area contributed by atoms with E-state index >= 15 is 0 Å². The Labute approximate surface area is 94.7 Å². The standard InChI is InChI=1S/C12H17NOS/c1-2-14-11(9-5-6-9)12-13-10(7-15-12)8-3-4-8/h7-9,11H,2-6H2,1H3. The van der Waals surface area contributed by atoms with Gasteiger partial charge in [-0.25, -0.2) is 4.98 Å². The summed E-state index contributed by atoms with van der Waals surface area (Å²) in [5, 5.41) is 3.46. The largest absolute Gasteiger partial charge is 0.371 e. The highest BCUT2D eigenvalue weighted by Crippen LogP contribution is 2.46. The molecule has 0 aromatic carbocycles. The highest BCUT2D eigenvalue weighted by molar-refractivity contribution is 7.09. The molecule has 2 fully saturated rings. The first kappa shape index (κ1) is 9.79. The zero-order chi connectivity index (χ0) is 10.3. The Morgan fingerprint density at radius 1 is 1.47 bits per heavy atom. The Kier molecular flexibility index (Phi) is 2.53. The van der Waals surface area contributed by atoms with Gasteiger partial charge in [-0.1, -0.05) is 0 Å². The van der Waals surface area contributed by atoms with Gasteiger partial charge in [0.1, 0.15) is 11.1 Å².